The van der Waals surface area contributed by atoms with Crippen LogP contribution in [0.25, 0.3) is 22.3 Å². The second kappa shape index (κ2) is 10.6. The molecule has 0 saturated carbocycles. The van der Waals surface area contributed by atoms with E-state index in [9.17, 15) is 13.2 Å². The zero-order valence-electron chi connectivity index (χ0n) is 18.7. The zero-order valence-corrected chi connectivity index (χ0v) is 19.5. The summed E-state index contributed by atoms with van der Waals surface area (Å²) in [5.74, 6) is -0.901. The van der Waals surface area contributed by atoms with Crippen molar-refractivity contribution in [2.45, 2.75) is 37.2 Å². The number of fused-ring (bicyclic) bond motifs is 1. The first-order chi connectivity index (χ1) is 16.4. The Hall–Kier alpha value is -3.58. The molecule has 4 rings (SSSR count). The lowest BCUT2D eigenvalue weighted by Gasteiger charge is -2.11. The summed E-state index contributed by atoms with van der Waals surface area (Å²) < 4.78 is 25.5. The van der Waals surface area contributed by atoms with E-state index in [4.69, 9.17) is 15.1 Å². The number of rotatable bonds is 10. The Balaban J connectivity index is 1.63. The van der Waals surface area contributed by atoms with Crippen LogP contribution in [0.3, 0.4) is 0 Å². The van der Waals surface area contributed by atoms with Crippen LogP contribution < -0.4 is 0 Å². The van der Waals surface area contributed by atoms with Gasteiger partial charge in [-0.05, 0) is 42.5 Å². The highest BCUT2D eigenvalue weighted by Crippen LogP contribution is 2.26. The highest BCUT2D eigenvalue weighted by atomic mass is 32.2. The lowest BCUT2D eigenvalue weighted by atomic mass is 10.0. The lowest BCUT2D eigenvalue weighted by molar-refractivity contribution is -0.137. The predicted octanol–water partition coefficient (Wildman–Crippen LogP) is 5.21. The average Bonchev–Trinajstić information content (AvgIpc) is 2.82. The van der Waals surface area contributed by atoms with Crippen LogP contribution in [0.4, 0.5) is 0 Å². The van der Waals surface area contributed by atoms with Crippen LogP contribution in [-0.2, 0) is 32.6 Å². The predicted molar refractivity (Wildman–Crippen MR) is 133 cm³/mol. The van der Waals surface area contributed by atoms with Crippen molar-refractivity contribution in [3.05, 3.63) is 95.7 Å². The molecule has 0 bridgehead atoms. The quantitative estimate of drug-likeness (QED) is 0.317. The second-order valence-electron chi connectivity index (χ2n) is 8.33. The van der Waals surface area contributed by atoms with Gasteiger partial charge >= 0.3 is 5.97 Å². The van der Waals surface area contributed by atoms with Gasteiger partial charge in [0.2, 0.25) is 0 Å². The highest BCUT2D eigenvalue weighted by Gasteiger charge is 2.16. The van der Waals surface area contributed by atoms with Crippen molar-refractivity contribution in [1.29, 1.82) is 0 Å². The maximum Gasteiger partial charge on any atom is 0.303 e. The molecule has 0 saturated heterocycles. The van der Waals surface area contributed by atoms with Crippen LogP contribution in [0.2, 0.25) is 0 Å². The second-order valence-corrected chi connectivity index (χ2v) is 10.4. The minimum Gasteiger partial charge on any atom is -0.481 e. The maximum absolute atomic E-state index is 12.8. The molecular formula is C27H26N2O4S. The number of unbranched alkanes of at least 4 members (excludes halogenated alkanes) is 1. The van der Waals surface area contributed by atoms with Gasteiger partial charge in [-0.1, -0.05) is 66.7 Å². The number of carboxylic acid groups (broad SMARTS) is 1. The third kappa shape index (κ3) is 6.26. The molecule has 0 atom stereocenters. The van der Waals surface area contributed by atoms with E-state index in [1.54, 1.807) is 12.1 Å². The van der Waals surface area contributed by atoms with Crippen molar-refractivity contribution < 1.29 is 18.3 Å². The van der Waals surface area contributed by atoms with Gasteiger partial charge in [0.15, 0.2) is 9.84 Å². The molecule has 0 fully saturated rings. The first-order valence-corrected chi connectivity index (χ1v) is 13.0. The first-order valence-electron chi connectivity index (χ1n) is 11.2. The smallest absolute Gasteiger partial charge is 0.303 e. The molecule has 0 radical (unpaired) electrons. The first kappa shape index (κ1) is 23.6. The average molecular weight is 475 g/mol. The molecule has 3 aromatic carbocycles. The Bertz CT molecular complexity index is 1390. The summed E-state index contributed by atoms with van der Waals surface area (Å²) in [6.07, 6.45) is 1.95. The Labute approximate surface area is 199 Å². The topological polar surface area (TPSA) is 97.2 Å². The molecule has 34 heavy (non-hydrogen) atoms. The summed E-state index contributed by atoms with van der Waals surface area (Å²) in [6, 6.07) is 24.3. The fraction of sp³-hybridized carbons (Fsp3) is 0.222. The summed E-state index contributed by atoms with van der Waals surface area (Å²) in [4.78, 5) is 20.5. The SMILES string of the molecule is O=C(O)CCCCc1nc2cc(CS(=O)(=O)Cc3ccccc3)ccc2nc1-c1ccccc1. The zero-order chi connectivity index (χ0) is 24.0. The molecule has 1 N–H and O–H groups in total. The van der Waals surface area contributed by atoms with Gasteiger partial charge in [0, 0.05) is 12.0 Å². The number of aryl methyl sites for hydroxylation is 1. The minimum absolute atomic E-state index is 0.0146. The van der Waals surface area contributed by atoms with E-state index in [1.807, 2.05) is 66.7 Å². The van der Waals surface area contributed by atoms with Crippen LogP contribution in [0.1, 0.15) is 36.1 Å². The molecule has 0 spiro atoms. The van der Waals surface area contributed by atoms with Gasteiger partial charge in [-0.2, -0.15) is 0 Å². The monoisotopic (exact) mass is 474 g/mol. The molecule has 1 aromatic heterocycles. The number of carbonyl (C=O) groups is 1. The molecule has 0 aliphatic carbocycles. The third-order valence-corrected chi connectivity index (χ3v) is 7.06. The van der Waals surface area contributed by atoms with E-state index in [0.717, 1.165) is 22.5 Å². The van der Waals surface area contributed by atoms with Crippen molar-refractivity contribution in [2.24, 2.45) is 0 Å². The van der Waals surface area contributed by atoms with Crippen LogP contribution in [0.5, 0.6) is 0 Å². The van der Waals surface area contributed by atoms with Gasteiger partial charge < -0.3 is 5.11 Å². The summed E-state index contributed by atoms with van der Waals surface area (Å²) in [7, 11) is -3.35. The van der Waals surface area contributed by atoms with E-state index in [-0.39, 0.29) is 17.9 Å². The van der Waals surface area contributed by atoms with E-state index in [1.165, 1.54) is 0 Å². The fourth-order valence-corrected chi connectivity index (χ4v) is 5.42. The van der Waals surface area contributed by atoms with Crippen LogP contribution in [0, 0.1) is 0 Å². The van der Waals surface area contributed by atoms with Gasteiger partial charge in [-0.15, -0.1) is 0 Å². The van der Waals surface area contributed by atoms with E-state index in [2.05, 4.69) is 0 Å². The molecule has 4 aromatic rings. The van der Waals surface area contributed by atoms with E-state index < -0.39 is 15.8 Å². The van der Waals surface area contributed by atoms with E-state index in [0.29, 0.717) is 35.9 Å². The molecule has 174 valence electrons. The summed E-state index contributed by atoms with van der Waals surface area (Å²) in [5.41, 5.74) is 5.26. The number of benzene rings is 3. The number of sulfone groups is 1. The molecule has 7 heteroatoms. The number of carboxylic acids is 1. The molecule has 6 nitrogen and oxygen atoms in total. The third-order valence-electron chi connectivity index (χ3n) is 5.52. The Morgan fingerprint density at radius 2 is 1.44 bits per heavy atom. The highest BCUT2D eigenvalue weighted by molar-refractivity contribution is 7.89. The van der Waals surface area contributed by atoms with Crippen molar-refractivity contribution in [2.75, 3.05) is 0 Å². The Morgan fingerprint density at radius 1 is 0.765 bits per heavy atom. The van der Waals surface area contributed by atoms with Crippen molar-refractivity contribution in [3.8, 4) is 11.3 Å². The molecule has 0 aliphatic rings. The van der Waals surface area contributed by atoms with Gasteiger partial charge in [0.05, 0.1) is 33.9 Å². The number of hydrogen-bond acceptors (Lipinski definition) is 5. The molecular weight excluding hydrogens is 448 g/mol. The minimum atomic E-state index is -3.35. The number of aromatic nitrogens is 2. The van der Waals surface area contributed by atoms with Crippen molar-refractivity contribution in [3.63, 3.8) is 0 Å². The molecule has 0 aliphatic heterocycles. The largest absolute Gasteiger partial charge is 0.481 e. The van der Waals surface area contributed by atoms with Gasteiger partial charge in [0.1, 0.15) is 0 Å². The fourth-order valence-electron chi connectivity index (χ4n) is 3.93. The van der Waals surface area contributed by atoms with Gasteiger partial charge in [-0.25, -0.2) is 18.4 Å². The van der Waals surface area contributed by atoms with Gasteiger partial charge in [-0.3, -0.25) is 4.79 Å². The van der Waals surface area contributed by atoms with Gasteiger partial charge in [0.25, 0.3) is 0 Å². The molecule has 0 amide bonds. The maximum atomic E-state index is 12.8. The summed E-state index contributed by atoms with van der Waals surface area (Å²) in [5, 5.41) is 8.92. The summed E-state index contributed by atoms with van der Waals surface area (Å²) in [6.45, 7) is 0. The van der Waals surface area contributed by atoms with Crippen LogP contribution in [-0.4, -0.2) is 29.5 Å². The van der Waals surface area contributed by atoms with E-state index >= 15 is 0 Å². The molecule has 1 heterocycles. The Morgan fingerprint density at radius 3 is 2.15 bits per heavy atom. The van der Waals surface area contributed by atoms with Crippen molar-refractivity contribution >= 4 is 26.8 Å². The Kier molecular flexibility index (Phi) is 7.33. The van der Waals surface area contributed by atoms with Crippen LogP contribution in [0.15, 0.2) is 78.9 Å². The number of aliphatic carboxylic acids is 1. The normalized spacial score (nSPS) is 11.5. The number of hydrogen-bond donors (Lipinski definition) is 1. The standard InChI is InChI=1S/C27H26N2O4S/c30-26(31)14-8-7-13-24-27(22-11-5-2-6-12-22)29-23-16-15-21(17-25(23)28-24)19-34(32,33)18-20-9-3-1-4-10-20/h1-6,9-12,15-17H,7-8,13-14,18-19H2,(H,30,31). The van der Waals surface area contributed by atoms with Crippen molar-refractivity contribution in [1.82, 2.24) is 9.97 Å². The van der Waals surface area contributed by atoms with Crippen LogP contribution >= 0.6 is 0 Å². The number of nitrogens with zero attached hydrogens (tertiary/aromatic N) is 2. The molecule has 0 unspecified atom stereocenters. The summed E-state index contributed by atoms with van der Waals surface area (Å²) >= 11 is 0. The lowest BCUT2D eigenvalue weighted by Crippen LogP contribution is -2.08.